The molecule has 0 fully saturated rings. The van der Waals surface area contributed by atoms with Crippen molar-refractivity contribution in [1.82, 2.24) is 14.6 Å². The van der Waals surface area contributed by atoms with E-state index in [9.17, 15) is 18.9 Å². The number of H-pyrrole nitrogens is 1. The van der Waals surface area contributed by atoms with Gasteiger partial charge in [0, 0.05) is 11.8 Å². The SMILES string of the molecule is CCCC(CCC)(NP(=O)(OC[C@@H]1C=C[C@H](n2cc(C)c(=O)[nH]c2=O)O1)Oc1ccccc1)C(=O)OC. The fraction of sp³-hybridized carbons (Fsp3) is 0.480. The number of carbonyl (C=O) groups is 1. The number of methoxy groups -OCH3 is 1. The molecule has 0 saturated heterocycles. The number of hydrogen-bond acceptors (Lipinski definition) is 8. The molecule has 37 heavy (non-hydrogen) atoms. The third-order valence-corrected chi connectivity index (χ3v) is 7.52. The number of benzene rings is 1. The summed E-state index contributed by atoms with van der Waals surface area (Å²) in [7, 11) is -2.85. The molecule has 11 nitrogen and oxygen atoms in total. The molecule has 1 aliphatic rings. The van der Waals surface area contributed by atoms with Crippen LogP contribution in [0.4, 0.5) is 0 Å². The molecule has 202 valence electrons. The van der Waals surface area contributed by atoms with Crippen LogP contribution in [0.25, 0.3) is 0 Å². The molecule has 0 aliphatic carbocycles. The van der Waals surface area contributed by atoms with Gasteiger partial charge in [0.1, 0.15) is 17.4 Å². The number of ether oxygens (including phenoxy) is 2. The van der Waals surface area contributed by atoms with Crippen LogP contribution in [0.3, 0.4) is 0 Å². The van der Waals surface area contributed by atoms with Gasteiger partial charge in [0.15, 0.2) is 6.23 Å². The van der Waals surface area contributed by atoms with E-state index >= 15 is 0 Å². The van der Waals surface area contributed by atoms with Crippen molar-refractivity contribution < 1.29 is 27.9 Å². The molecule has 3 rings (SSSR count). The van der Waals surface area contributed by atoms with Crippen molar-refractivity contribution in [3.8, 4) is 5.75 Å². The molecule has 3 atom stereocenters. The van der Waals surface area contributed by atoms with E-state index in [2.05, 4.69) is 10.1 Å². The standard InChI is InChI=1S/C25H34N3O8P/c1-5-14-25(15-6-2,23(30)33-4)27-37(32,36-19-10-8-7-9-11-19)34-17-20-12-13-21(35-20)28-16-18(3)22(29)26-24(28)31/h7-13,16,20-21H,5-6,14-15,17H2,1-4H3,(H,27,32)(H,26,29,31)/t20-,21+,37?/m0/s1. The summed E-state index contributed by atoms with van der Waals surface area (Å²) in [5, 5.41) is 2.90. The van der Waals surface area contributed by atoms with Gasteiger partial charge in [0.05, 0.1) is 13.7 Å². The number of esters is 1. The van der Waals surface area contributed by atoms with Gasteiger partial charge in [0.2, 0.25) is 0 Å². The largest absolute Gasteiger partial charge is 0.468 e. The van der Waals surface area contributed by atoms with Gasteiger partial charge in [-0.25, -0.2) is 9.36 Å². The van der Waals surface area contributed by atoms with E-state index in [-0.39, 0.29) is 6.61 Å². The maximum Gasteiger partial charge on any atom is 0.459 e. The van der Waals surface area contributed by atoms with Gasteiger partial charge in [-0.3, -0.25) is 23.7 Å². The van der Waals surface area contributed by atoms with Crippen LogP contribution in [-0.2, 0) is 23.4 Å². The van der Waals surface area contributed by atoms with Gasteiger partial charge in [-0.1, -0.05) is 51.0 Å². The quantitative estimate of drug-likeness (QED) is 0.224. The normalized spacial score (nSPS) is 18.9. The van der Waals surface area contributed by atoms with E-state index in [1.807, 2.05) is 13.8 Å². The first kappa shape index (κ1) is 28.6. The average molecular weight is 536 g/mol. The Morgan fingerprint density at radius 1 is 1.16 bits per heavy atom. The van der Waals surface area contributed by atoms with Gasteiger partial charge < -0.3 is 14.0 Å². The topological polar surface area (TPSA) is 138 Å². The summed E-state index contributed by atoms with van der Waals surface area (Å²) in [6.07, 6.45) is 5.20. The van der Waals surface area contributed by atoms with Crippen molar-refractivity contribution in [1.29, 1.82) is 0 Å². The number of rotatable bonds is 13. The van der Waals surface area contributed by atoms with Gasteiger partial charge in [-0.15, -0.1) is 0 Å². The Bertz CT molecular complexity index is 1250. The van der Waals surface area contributed by atoms with Crippen molar-refractivity contribution >= 4 is 13.7 Å². The lowest BCUT2D eigenvalue weighted by atomic mass is 9.90. The Morgan fingerprint density at radius 2 is 1.84 bits per heavy atom. The second-order valence-electron chi connectivity index (χ2n) is 8.81. The zero-order chi connectivity index (χ0) is 27.1. The molecule has 1 aliphatic heterocycles. The van der Waals surface area contributed by atoms with Crippen LogP contribution in [-0.4, -0.2) is 40.9 Å². The van der Waals surface area contributed by atoms with E-state index < -0.39 is 42.8 Å². The number of aromatic amines is 1. The highest BCUT2D eigenvalue weighted by atomic mass is 31.2. The Hall–Kier alpha value is -2.98. The van der Waals surface area contributed by atoms with Crippen LogP contribution < -0.4 is 20.9 Å². The molecule has 1 unspecified atom stereocenters. The molecule has 2 aromatic rings. The minimum absolute atomic E-state index is 0.198. The predicted molar refractivity (Wildman–Crippen MR) is 137 cm³/mol. The smallest absolute Gasteiger partial charge is 0.459 e. The maximum absolute atomic E-state index is 14.1. The number of aromatic nitrogens is 2. The number of nitrogens with zero attached hydrogens (tertiary/aromatic N) is 1. The van der Waals surface area contributed by atoms with Crippen LogP contribution in [0.1, 0.15) is 51.3 Å². The number of aryl methyl sites for hydroxylation is 1. The highest BCUT2D eigenvalue weighted by Gasteiger charge is 2.46. The van der Waals surface area contributed by atoms with E-state index in [4.69, 9.17) is 18.5 Å². The number of carbonyl (C=O) groups excluding carboxylic acids is 1. The van der Waals surface area contributed by atoms with Crippen molar-refractivity contribution in [3.63, 3.8) is 0 Å². The van der Waals surface area contributed by atoms with Gasteiger partial charge in [-0.2, -0.15) is 5.09 Å². The average Bonchev–Trinajstić information content (AvgIpc) is 3.34. The summed E-state index contributed by atoms with van der Waals surface area (Å²) in [5.74, 6) is -0.261. The second-order valence-corrected chi connectivity index (χ2v) is 10.5. The minimum atomic E-state index is -4.14. The van der Waals surface area contributed by atoms with E-state index in [1.54, 1.807) is 49.4 Å². The van der Waals surface area contributed by atoms with Gasteiger partial charge >= 0.3 is 19.4 Å². The number of hydrogen-bond donors (Lipinski definition) is 2. The first-order valence-corrected chi connectivity index (χ1v) is 13.7. The lowest BCUT2D eigenvalue weighted by molar-refractivity contribution is -0.148. The third kappa shape index (κ3) is 7.07. The Balaban J connectivity index is 1.82. The van der Waals surface area contributed by atoms with Gasteiger partial charge in [-0.05, 0) is 38.0 Å². The predicted octanol–water partition coefficient (Wildman–Crippen LogP) is 3.60. The molecule has 0 bridgehead atoms. The molecule has 12 heteroatoms. The molecule has 1 aromatic heterocycles. The minimum Gasteiger partial charge on any atom is -0.468 e. The van der Waals surface area contributed by atoms with Crippen molar-refractivity contribution in [2.24, 2.45) is 0 Å². The molecule has 0 saturated carbocycles. The summed E-state index contributed by atoms with van der Waals surface area (Å²) in [4.78, 5) is 39.0. The first-order chi connectivity index (χ1) is 17.6. The molecular formula is C25H34N3O8P. The fourth-order valence-corrected chi connectivity index (χ4v) is 5.93. The molecular weight excluding hydrogens is 501 g/mol. The van der Waals surface area contributed by atoms with E-state index in [1.165, 1.54) is 17.9 Å². The first-order valence-electron chi connectivity index (χ1n) is 12.2. The third-order valence-electron chi connectivity index (χ3n) is 5.88. The molecule has 0 spiro atoms. The van der Waals surface area contributed by atoms with E-state index in [0.717, 1.165) is 0 Å². The summed E-state index contributed by atoms with van der Waals surface area (Å²) in [6, 6.07) is 8.50. The van der Waals surface area contributed by atoms with Crippen LogP contribution >= 0.6 is 7.75 Å². The molecule has 0 amide bonds. The summed E-state index contributed by atoms with van der Waals surface area (Å²) in [5.41, 5.74) is -2.01. The van der Waals surface area contributed by atoms with Crippen LogP contribution in [0, 0.1) is 6.92 Å². The van der Waals surface area contributed by atoms with E-state index in [0.29, 0.717) is 37.0 Å². The van der Waals surface area contributed by atoms with Crippen LogP contribution in [0.2, 0.25) is 0 Å². The van der Waals surface area contributed by atoms with Gasteiger partial charge in [0.25, 0.3) is 5.56 Å². The lowest BCUT2D eigenvalue weighted by Gasteiger charge is -2.34. The zero-order valence-electron chi connectivity index (χ0n) is 21.5. The number of para-hydroxylation sites is 1. The summed E-state index contributed by atoms with van der Waals surface area (Å²) >= 11 is 0. The molecule has 2 N–H and O–H groups in total. The highest BCUT2D eigenvalue weighted by Crippen LogP contribution is 2.48. The van der Waals surface area contributed by atoms with Crippen molar-refractivity contribution in [2.75, 3.05) is 13.7 Å². The Labute approximate surface area is 215 Å². The lowest BCUT2D eigenvalue weighted by Crippen LogP contribution is -2.52. The van der Waals surface area contributed by atoms with Crippen LogP contribution in [0.5, 0.6) is 5.75 Å². The Morgan fingerprint density at radius 3 is 2.46 bits per heavy atom. The zero-order valence-corrected chi connectivity index (χ0v) is 22.4. The monoisotopic (exact) mass is 535 g/mol. The second kappa shape index (κ2) is 12.5. The molecule has 0 radical (unpaired) electrons. The van der Waals surface area contributed by atoms with Crippen LogP contribution in [0.15, 0.2) is 58.3 Å². The molecule has 1 aromatic carbocycles. The maximum atomic E-state index is 14.1. The fourth-order valence-electron chi connectivity index (χ4n) is 4.19. The molecule has 2 heterocycles. The van der Waals surface area contributed by atoms with Crippen molar-refractivity contribution in [3.05, 3.63) is 75.1 Å². The Kier molecular flexibility index (Phi) is 9.67. The van der Waals surface area contributed by atoms with Crippen molar-refractivity contribution in [2.45, 2.75) is 64.3 Å². The number of nitrogens with one attached hydrogen (secondary N) is 2. The summed E-state index contributed by atoms with van der Waals surface area (Å²) in [6.45, 7) is 5.21. The highest BCUT2D eigenvalue weighted by molar-refractivity contribution is 7.52. The summed E-state index contributed by atoms with van der Waals surface area (Å²) < 4.78 is 37.9.